The van der Waals surface area contributed by atoms with E-state index in [9.17, 15) is 66.0 Å². The van der Waals surface area contributed by atoms with Gasteiger partial charge in [0.15, 0.2) is 9.84 Å². The molecule has 678 valence electrons. The fourth-order valence-electron chi connectivity index (χ4n) is 13.9. The zero-order valence-electron chi connectivity index (χ0n) is 71.5. The Labute approximate surface area is 762 Å². The molecule has 0 spiro atoms. The van der Waals surface area contributed by atoms with Gasteiger partial charge in [-0.05, 0) is 211 Å². The standard InChI is InChI=1S/C25H24N4O4.C24H22N4O6S.C24H22N4O5.C24H22N4O4/c26-24(31)19-13-22(15-27-14-19)33-16-17-4-3-5-20(12-17)28-25(32)18-7-9-21(10-8-18)29-11-2-1-6-23(29)30;25-23(30)18-11-21(13-26-12-18)34-14-16-2-1-3-19(10-16)27-24(31)17-4-6-20(7-5-17)28-8-9-35(32,33)15-22(28)29;25-23(30)18-11-21(13-26-12-18)33-14-16-2-1-3-19(10-16)27-24(31)17-4-6-20(7-5-17)28-8-9-32-15-22(28)29;25-23(30)18-12-21(14-26-13-18)32-15-16-3-1-4-19(11-16)27-24(31)17-6-8-20(9-7-17)28-10-2-5-22(28)29/h3-5,7-10,12-15H,1-2,6,11,16H2,(H2,26,31)(H,28,32);1-7,10-13H,8-9,14-15H2,(H2,25,30)(H,27,31);1-7,10-13H,8-9,14-15H2,(H2,25,30)(H,27,31);1,3-4,6-9,11-14H,2,5,10,15H2,(H2,25,30)(H,27,31). The number of carbonyl (C=O) groups excluding carboxylic acids is 12. The van der Waals surface area contributed by atoms with Gasteiger partial charge in [-0.2, -0.15) is 0 Å². The highest BCUT2D eigenvalue weighted by Gasteiger charge is 2.31. The lowest BCUT2D eigenvalue weighted by molar-refractivity contribution is -0.125. The van der Waals surface area contributed by atoms with Crippen LogP contribution in [0.4, 0.5) is 45.5 Å². The molecule has 4 fully saturated rings. The fourth-order valence-corrected chi connectivity index (χ4v) is 15.0. The molecule has 4 aromatic heterocycles. The van der Waals surface area contributed by atoms with Crippen molar-refractivity contribution in [2.75, 3.05) is 91.8 Å². The second-order valence-corrected chi connectivity index (χ2v) is 32.6. The van der Waals surface area contributed by atoms with Gasteiger partial charge in [-0.3, -0.25) is 77.5 Å². The number of rotatable bonds is 28. The average molecular weight is 1820 g/mol. The fraction of sp³-hybridized carbons (Fsp3) is 0.175. The van der Waals surface area contributed by atoms with Crippen LogP contribution >= 0.6 is 0 Å². The van der Waals surface area contributed by atoms with E-state index < -0.39 is 45.1 Å². The lowest BCUT2D eigenvalue weighted by Crippen LogP contribution is -2.45. The van der Waals surface area contributed by atoms with Crippen LogP contribution in [0.5, 0.6) is 23.0 Å². The molecule has 0 aliphatic carbocycles. The summed E-state index contributed by atoms with van der Waals surface area (Å²) in [6.45, 7) is 3.41. The molecule has 0 saturated carbocycles. The number of amides is 12. The second kappa shape index (κ2) is 44.7. The number of pyridine rings is 4. The van der Waals surface area contributed by atoms with Gasteiger partial charge in [-0.25, -0.2) is 8.42 Å². The van der Waals surface area contributed by atoms with Gasteiger partial charge in [-0.15, -0.1) is 0 Å². The molecule has 16 rings (SSSR count). The molecule has 0 radical (unpaired) electrons. The molecule has 36 heteroatoms. The SMILES string of the molecule is NC(=O)c1cncc(OCc2cccc(NC(=O)c3ccc(N4CCCC4=O)cc3)c2)c1.NC(=O)c1cncc(OCc2cccc(NC(=O)c3ccc(N4CCCCC4=O)cc3)c2)c1.NC(=O)c1cncc(OCc2cccc(NC(=O)c3ccc(N4CCOCC4=O)cc3)c2)c1.NC(=O)c1cncc(OCc2cccc(NC(=O)c3ccc(N4CCS(=O)(=O)CC4=O)cc3)c2)c1. The van der Waals surface area contributed by atoms with Gasteiger partial charge in [0.05, 0.1) is 59.4 Å². The van der Waals surface area contributed by atoms with E-state index in [0.29, 0.717) is 113 Å². The maximum absolute atomic E-state index is 12.7. The Morgan fingerprint density at radius 3 is 0.887 bits per heavy atom. The van der Waals surface area contributed by atoms with Crippen molar-refractivity contribution in [3.63, 3.8) is 0 Å². The molecule has 133 heavy (non-hydrogen) atoms. The monoisotopic (exact) mass is 1810 g/mol. The molecule has 4 saturated heterocycles. The first-order chi connectivity index (χ1) is 64.2. The summed E-state index contributed by atoms with van der Waals surface area (Å²) in [5, 5.41) is 11.4. The molecule has 4 aliphatic heterocycles. The van der Waals surface area contributed by atoms with Crippen LogP contribution in [0.1, 0.15) is 137 Å². The van der Waals surface area contributed by atoms with E-state index in [1.807, 2.05) is 42.5 Å². The number of primary amides is 4. The summed E-state index contributed by atoms with van der Waals surface area (Å²) < 4.78 is 51.1. The second-order valence-electron chi connectivity index (χ2n) is 30.4. The number of morpholine rings is 1. The lowest BCUT2D eigenvalue weighted by Gasteiger charge is -2.26. The molecule has 35 nitrogen and oxygen atoms in total. The van der Waals surface area contributed by atoms with Gasteiger partial charge in [0.1, 0.15) is 61.8 Å². The van der Waals surface area contributed by atoms with Gasteiger partial charge < -0.3 is 87.5 Å². The maximum Gasteiger partial charge on any atom is 0.255 e. The van der Waals surface area contributed by atoms with E-state index in [-0.39, 0.29) is 109 Å². The third-order valence-electron chi connectivity index (χ3n) is 20.8. The number of ether oxygens (including phenoxy) is 5. The number of nitrogens with two attached hydrogens (primary N) is 4. The topological polar surface area (TPSA) is 502 Å². The highest BCUT2D eigenvalue weighted by Crippen LogP contribution is 2.29. The molecular weight excluding hydrogens is 1730 g/mol. The average Bonchev–Trinajstić information content (AvgIpc) is 1.17. The number of nitrogens with zero attached hydrogens (tertiary/aromatic N) is 8. The molecule has 12 N–H and O–H groups in total. The summed E-state index contributed by atoms with van der Waals surface area (Å²) in [5.41, 5.74) is 32.5. The van der Waals surface area contributed by atoms with E-state index in [1.54, 1.807) is 166 Å². The van der Waals surface area contributed by atoms with Crippen LogP contribution in [0, 0.1) is 0 Å². The van der Waals surface area contributed by atoms with E-state index in [1.165, 1.54) is 78.7 Å². The first kappa shape index (κ1) is 93.7. The van der Waals surface area contributed by atoms with Gasteiger partial charge in [0.25, 0.3) is 29.5 Å². The Kier molecular flexibility index (Phi) is 31.5. The van der Waals surface area contributed by atoms with E-state index in [4.69, 9.17) is 46.6 Å². The summed E-state index contributed by atoms with van der Waals surface area (Å²) >= 11 is 0. The molecule has 12 amide bonds. The van der Waals surface area contributed by atoms with Gasteiger partial charge >= 0.3 is 0 Å². The van der Waals surface area contributed by atoms with E-state index >= 15 is 0 Å². The predicted octanol–water partition coefficient (Wildman–Crippen LogP) is 10.8. The number of nitrogens with one attached hydrogen (secondary N) is 4. The molecule has 0 atom stereocenters. The summed E-state index contributed by atoms with van der Waals surface area (Å²) in [6, 6.07) is 62.2. The van der Waals surface area contributed by atoms with Crippen molar-refractivity contribution in [2.45, 2.75) is 58.5 Å². The number of carbonyl (C=O) groups is 12. The van der Waals surface area contributed by atoms with Crippen LogP contribution < -0.4 is 82.7 Å². The van der Waals surface area contributed by atoms with Crippen molar-refractivity contribution in [2.24, 2.45) is 22.9 Å². The van der Waals surface area contributed by atoms with E-state index in [2.05, 4.69) is 41.2 Å². The van der Waals surface area contributed by atoms with Gasteiger partial charge in [0.2, 0.25) is 41.4 Å². The van der Waals surface area contributed by atoms with Crippen molar-refractivity contribution in [3.8, 4) is 23.0 Å². The van der Waals surface area contributed by atoms with Crippen LogP contribution in [-0.2, 0) is 60.2 Å². The van der Waals surface area contributed by atoms with Gasteiger partial charge in [0, 0.05) is 132 Å². The predicted molar refractivity (Wildman–Crippen MR) is 494 cm³/mol. The Morgan fingerprint density at radius 2 is 0.609 bits per heavy atom. The normalized spacial score (nSPS) is 13.7. The molecule has 8 aromatic carbocycles. The summed E-state index contributed by atoms with van der Waals surface area (Å²) in [5.74, 6) is -2.75. The number of hydrogen-bond acceptors (Lipinski definition) is 23. The highest BCUT2D eigenvalue weighted by molar-refractivity contribution is 7.92. The van der Waals surface area contributed by atoms with Crippen molar-refractivity contribution < 1.29 is 89.6 Å². The third kappa shape index (κ3) is 26.9. The van der Waals surface area contributed by atoms with Crippen LogP contribution in [0.15, 0.2) is 268 Å². The molecular formula is C97H90N16O19S. The molecule has 0 unspecified atom stereocenters. The number of piperidine rings is 1. The molecule has 8 heterocycles. The van der Waals surface area contributed by atoms with Crippen LogP contribution in [-0.4, -0.2) is 150 Å². The third-order valence-corrected chi connectivity index (χ3v) is 22.3. The van der Waals surface area contributed by atoms with Gasteiger partial charge in [-0.1, -0.05) is 48.5 Å². The molecule has 12 aromatic rings. The minimum Gasteiger partial charge on any atom is -0.487 e. The highest BCUT2D eigenvalue weighted by atomic mass is 32.2. The van der Waals surface area contributed by atoms with E-state index in [0.717, 1.165) is 58.6 Å². The first-order valence-corrected chi connectivity index (χ1v) is 43.5. The van der Waals surface area contributed by atoms with Crippen molar-refractivity contribution >= 4 is 126 Å². The van der Waals surface area contributed by atoms with Crippen LogP contribution in [0.2, 0.25) is 0 Å². The number of aromatic nitrogens is 4. The Balaban J connectivity index is 0.000000151. The smallest absolute Gasteiger partial charge is 0.255 e. The summed E-state index contributed by atoms with van der Waals surface area (Å²) in [6.07, 6.45) is 15.3. The largest absolute Gasteiger partial charge is 0.487 e. The number of benzene rings is 8. The zero-order chi connectivity index (χ0) is 93.9. The maximum atomic E-state index is 12.7. The number of anilines is 8. The van der Waals surface area contributed by atoms with Crippen molar-refractivity contribution in [1.29, 1.82) is 0 Å². The molecule has 4 aliphatic rings. The minimum absolute atomic E-state index is 0.0649. The quantitative estimate of drug-likeness (QED) is 0.0226. The first-order valence-electron chi connectivity index (χ1n) is 41.7. The Hall–Kier alpha value is -16.9. The van der Waals surface area contributed by atoms with Crippen molar-refractivity contribution in [3.05, 3.63) is 335 Å². The Morgan fingerprint density at radius 1 is 0.323 bits per heavy atom. The zero-order valence-corrected chi connectivity index (χ0v) is 72.3. The minimum atomic E-state index is -3.34. The summed E-state index contributed by atoms with van der Waals surface area (Å²) in [4.78, 5) is 166. The van der Waals surface area contributed by atoms with Crippen LogP contribution in [0.25, 0.3) is 0 Å². The summed E-state index contributed by atoms with van der Waals surface area (Å²) in [7, 11) is -3.34. The van der Waals surface area contributed by atoms with Crippen molar-refractivity contribution in [1.82, 2.24) is 19.9 Å². The Bertz CT molecular complexity index is 6260. The molecule has 0 bridgehead atoms. The number of hydrogen-bond donors (Lipinski definition) is 8. The number of sulfone groups is 1. The van der Waals surface area contributed by atoms with Crippen LogP contribution in [0.3, 0.4) is 0 Å². The lowest BCUT2D eigenvalue weighted by atomic mass is 10.1.